The number of nitrogens with zero attached hydrogens (tertiary/aromatic N) is 1. The van der Waals surface area contributed by atoms with E-state index in [2.05, 4.69) is 26.0 Å². The van der Waals surface area contributed by atoms with Crippen molar-refractivity contribution in [2.24, 2.45) is 0 Å². The van der Waals surface area contributed by atoms with Gasteiger partial charge in [0.05, 0.1) is 5.75 Å². The van der Waals surface area contributed by atoms with E-state index in [0.717, 1.165) is 18.4 Å². The van der Waals surface area contributed by atoms with Gasteiger partial charge in [0.1, 0.15) is 5.75 Å². The highest BCUT2D eigenvalue weighted by Gasteiger charge is 2.21. The van der Waals surface area contributed by atoms with Gasteiger partial charge in [-0.2, -0.15) is 8.42 Å². The average Bonchev–Trinajstić information content (AvgIpc) is 2.80. The Labute approximate surface area is 193 Å². The second-order valence-corrected chi connectivity index (χ2v) is 10.1. The third-order valence-corrected chi connectivity index (χ3v) is 6.91. The molecule has 0 aliphatic heterocycles. The molecule has 2 rings (SSSR count). The molecule has 2 aromatic rings. The highest BCUT2D eigenvalue weighted by molar-refractivity contribution is 7.87. The van der Waals surface area contributed by atoms with Gasteiger partial charge >= 0.3 is 10.1 Å². The van der Waals surface area contributed by atoms with Crippen LogP contribution in [-0.2, 0) is 23.1 Å². The molecule has 1 unspecified atom stereocenters. The lowest BCUT2D eigenvalue weighted by molar-refractivity contribution is 0.0671. The molecule has 0 bridgehead atoms. The Bertz CT molecular complexity index is 937. The highest BCUT2D eigenvalue weighted by atomic mass is 32.2. The van der Waals surface area contributed by atoms with Crippen molar-refractivity contribution in [3.8, 4) is 5.75 Å². The van der Waals surface area contributed by atoms with E-state index in [-0.39, 0.29) is 23.5 Å². The zero-order valence-corrected chi connectivity index (χ0v) is 20.7. The van der Waals surface area contributed by atoms with E-state index in [4.69, 9.17) is 4.18 Å². The van der Waals surface area contributed by atoms with Crippen LogP contribution in [0.25, 0.3) is 0 Å². The zero-order chi connectivity index (χ0) is 23.6. The predicted molar refractivity (Wildman–Crippen MR) is 130 cm³/mol. The van der Waals surface area contributed by atoms with Crippen molar-refractivity contribution in [2.45, 2.75) is 78.8 Å². The second-order valence-electron chi connectivity index (χ2n) is 8.27. The Hall–Kier alpha value is -2.34. The maximum Gasteiger partial charge on any atom is 0.308 e. The lowest BCUT2D eigenvalue weighted by Gasteiger charge is -2.29. The first kappa shape index (κ1) is 25.9. The molecule has 0 aromatic heterocycles. The van der Waals surface area contributed by atoms with E-state index in [1.165, 1.54) is 31.2 Å². The summed E-state index contributed by atoms with van der Waals surface area (Å²) < 4.78 is 28.3. The number of carbonyl (C=O) groups excluding carboxylic acids is 1. The number of aryl methyl sites for hydroxylation is 1. The number of rotatable bonds is 13. The molecular weight excluding hydrogens is 422 g/mol. The van der Waals surface area contributed by atoms with Gasteiger partial charge in [-0.1, -0.05) is 57.4 Å². The average molecular weight is 460 g/mol. The molecule has 0 spiro atoms. The fraction of sp³-hybridized carbons (Fsp3) is 0.500. The van der Waals surface area contributed by atoms with Gasteiger partial charge in [0, 0.05) is 18.2 Å². The first-order chi connectivity index (χ1) is 15.3. The van der Waals surface area contributed by atoms with Crippen LogP contribution in [-0.4, -0.2) is 31.0 Å². The van der Waals surface area contributed by atoms with Crippen molar-refractivity contribution in [1.82, 2.24) is 4.90 Å². The topological polar surface area (TPSA) is 63.7 Å². The van der Waals surface area contributed by atoms with Crippen LogP contribution < -0.4 is 4.18 Å². The van der Waals surface area contributed by atoms with Crippen LogP contribution in [0.1, 0.15) is 81.3 Å². The van der Waals surface area contributed by atoms with E-state index >= 15 is 0 Å². The molecule has 0 N–H and O–H groups in total. The van der Waals surface area contributed by atoms with Crippen LogP contribution in [0.5, 0.6) is 5.75 Å². The van der Waals surface area contributed by atoms with E-state index < -0.39 is 10.1 Å². The second kappa shape index (κ2) is 12.6. The molecule has 0 aliphatic carbocycles. The molecule has 32 heavy (non-hydrogen) atoms. The molecular formula is C26H37NO4S. The molecule has 0 aliphatic rings. The Morgan fingerprint density at radius 2 is 1.53 bits per heavy atom. The number of unbranched alkanes of at least 4 members (excludes halogenated alkanes) is 3. The molecule has 1 amide bonds. The van der Waals surface area contributed by atoms with E-state index in [1.54, 1.807) is 19.1 Å². The summed E-state index contributed by atoms with van der Waals surface area (Å²) in [6.45, 7) is 8.32. The fourth-order valence-corrected chi connectivity index (χ4v) is 3.96. The molecule has 2 aromatic carbocycles. The Balaban J connectivity index is 2.08. The van der Waals surface area contributed by atoms with Crippen LogP contribution in [0.4, 0.5) is 0 Å². The van der Waals surface area contributed by atoms with Gasteiger partial charge in [-0.15, -0.1) is 0 Å². The summed E-state index contributed by atoms with van der Waals surface area (Å²) in [5.41, 5.74) is 2.88. The summed E-state index contributed by atoms with van der Waals surface area (Å²) in [5, 5.41) is 0. The van der Waals surface area contributed by atoms with Gasteiger partial charge in [0.25, 0.3) is 5.91 Å². The van der Waals surface area contributed by atoms with Crippen molar-refractivity contribution in [3.05, 3.63) is 65.2 Å². The number of benzene rings is 2. The summed E-state index contributed by atoms with van der Waals surface area (Å²) in [4.78, 5) is 15.1. The van der Waals surface area contributed by atoms with Gasteiger partial charge in [0.15, 0.2) is 0 Å². The Morgan fingerprint density at radius 1 is 0.906 bits per heavy atom. The molecule has 0 saturated heterocycles. The van der Waals surface area contributed by atoms with Crippen LogP contribution in [0, 0.1) is 0 Å². The van der Waals surface area contributed by atoms with Crippen molar-refractivity contribution in [1.29, 1.82) is 0 Å². The fourth-order valence-electron chi connectivity index (χ4n) is 3.44. The molecule has 1 atom stereocenters. The van der Waals surface area contributed by atoms with Gasteiger partial charge in [-0.3, -0.25) is 4.79 Å². The maximum atomic E-state index is 13.3. The predicted octanol–water partition coefficient (Wildman–Crippen LogP) is 5.98. The van der Waals surface area contributed by atoms with Crippen LogP contribution in [0.15, 0.2) is 48.5 Å². The zero-order valence-electron chi connectivity index (χ0n) is 19.8. The minimum absolute atomic E-state index is 0.00534. The molecule has 5 nitrogen and oxygen atoms in total. The largest absolute Gasteiger partial charge is 0.382 e. The van der Waals surface area contributed by atoms with E-state index in [0.29, 0.717) is 12.1 Å². The van der Waals surface area contributed by atoms with Crippen molar-refractivity contribution >= 4 is 16.0 Å². The van der Waals surface area contributed by atoms with Gasteiger partial charge in [-0.25, -0.2) is 0 Å². The van der Waals surface area contributed by atoms with E-state index in [1.807, 2.05) is 36.1 Å². The summed E-state index contributed by atoms with van der Waals surface area (Å²) >= 11 is 0. The van der Waals surface area contributed by atoms with Gasteiger partial charge in [-0.05, 0) is 68.5 Å². The monoisotopic (exact) mass is 459 g/mol. The number of carbonyl (C=O) groups is 1. The molecule has 0 saturated carbocycles. The van der Waals surface area contributed by atoms with E-state index in [9.17, 15) is 13.2 Å². The standard InChI is InChI=1S/C26H37NO4S/c1-5-8-9-10-11-22-12-16-24(17-13-22)26(28)27(21(4)6-2)20-23-14-18-25(19-15-23)31-32(29,30)7-3/h12-19,21H,5-11,20H2,1-4H3. The first-order valence-corrected chi connectivity index (χ1v) is 13.3. The highest BCUT2D eigenvalue weighted by Crippen LogP contribution is 2.20. The minimum atomic E-state index is -3.55. The smallest absolute Gasteiger partial charge is 0.308 e. The van der Waals surface area contributed by atoms with Gasteiger partial charge < -0.3 is 9.08 Å². The molecule has 0 heterocycles. The summed E-state index contributed by atoms with van der Waals surface area (Å²) in [6, 6.07) is 14.9. The first-order valence-electron chi connectivity index (χ1n) is 11.7. The number of hydrogen-bond donors (Lipinski definition) is 0. The third-order valence-electron chi connectivity index (χ3n) is 5.76. The van der Waals surface area contributed by atoms with Crippen molar-refractivity contribution < 1.29 is 17.4 Å². The molecule has 6 heteroatoms. The number of hydrogen-bond acceptors (Lipinski definition) is 4. The summed E-state index contributed by atoms with van der Waals surface area (Å²) in [5.74, 6) is 0.208. The van der Waals surface area contributed by atoms with Crippen LogP contribution in [0.2, 0.25) is 0 Å². The minimum Gasteiger partial charge on any atom is -0.382 e. The third kappa shape index (κ3) is 7.97. The summed E-state index contributed by atoms with van der Waals surface area (Å²) in [6.07, 6.45) is 6.81. The lowest BCUT2D eigenvalue weighted by atomic mass is 10.0. The van der Waals surface area contributed by atoms with Gasteiger partial charge in [0.2, 0.25) is 0 Å². The maximum absolute atomic E-state index is 13.3. The normalized spacial score (nSPS) is 12.4. The lowest BCUT2D eigenvalue weighted by Crippen LogP contribution is -2.37. The van der Waals surface area contributed by atoms with Crippen LogP contribution in [0.3, 0.4) is 0 Å². The molecule has 0 fully saturated rings. The SMILES string of the molecule is CCCCCCc1ccc(C(=O)N(Cc2ccc(OS(=O)(=O)CC)cc2)C(C)CC)cc1. The Morgan fingerprint density at radius 3 is 2.09 bits per heavy atom. The quantitative estimate of drug-likeness (QED) is 0.273. The summed E-state index contributed by atoms with van der Waals surface area (Å²) in [7, 11) is -3.55. The molecule has 176 valence electrons. The van der Waals surface area contributed by atoms with Crippen LogP contribution >= 0.6 is 0 Å². The molecule has 0 radical (unpaired) electrons. The number of amides is 1. The van der Waals surface area contributed by atoms with Crippen molar-refractivity contribution in [2.75, 3.05) is 5.75 Å². The Kier molecular flexibility index (Phi) is 10.2. The van der Waals surface area contributed by atoms with Crippen molar-refractivity contribution in [3.63, 3.8) is 0 Å².